The summed E-state index contributed by atoms with van der Waals surface area (Å²) in [6.45, 7) is -0.0229. The van der Waals surface area contributed by atoms with Crippen LogP contribution in [-0.4, -0.2) is 23.7 Å². The van der Waals surface area contributed by atoms with Gasteiger partial charge < -0.3 is 4.74 Å². The van der Waals surface area contributed by atoms with Gasteiger partial charge in [0.2, 0.25) is 0 Å². The molecule has 0 aromatic heterocycles. The van der Waals surface area contributed by atoms with Crippen LogP contribution in [0.5, 0.6) is 0 Å². The highest BCUT2D eigenvalue weighted by Gasteiger charge is 1.75. The van der Waals surface area contributed by atoms with E-state index in [1.54, 1.807) is 0 Å². The lowest BCUT2D eigenvalue weighted by molar-refractivity contribution is 0.0675. The Morgan fingerprint density at radius 2 is 2.33 bits per heavy atom. The molecule has 0 N–H and O–H groups in total. The molecule has 0 heterocycles. The van der Waals surface area contributed by atoms with Crippen molar-refractivity contribution in [2.24, 2.45) is 0 Å². The zero-order valence-electron chi connectivity index (χ0n) is 3.91. The Kier molecular flexibility index (Phi) is 5.20. The van der Waals surface area contributed by atoms with Gasteiger partial charge in [0.25, 0.3) is 0 Å². The van der Waals surface area contributed by atoms with E-state index >= 15 is 0 Å². The van der Waals surface area contributed by atoms with Crippen LogP contribution in [0.4, 0.5) is 4.39 Å². The molecule has 0 unspecified atom stereocenters. The van der Waals surface area contributed by atoms with Crippen molar-refractivity contribution in [3.05, 3.63) is 0 Å². The van der Waals surface area contributed by atoms with Crippen LogP contribution in [-0.2, 0) is 4.74 Å². The first-order chi connectivity index (χ1) is 2.91. The average molecular weight is 108 g/mol. The fourth-order valence-electron chi connectivity index (χ4n) is 0.199. The summed E-state index contributed by atoms with van der Waals surface area (Å²) < 4.78 is 15.3. The molecule has 0 atom stereocenters. The van der Waals surface area contributed by atoms with Crippen molar-refractivity contribution < 1.29 is 9.13 Å². The quantitative estimate of drug-likeness (QED) is 0.357. The average Bonchev–Trinajstić information content (AvgIpc) is 1.61. The van der Waals surface area contributed by atoms with Crippen molar-refractivity contribution in [3.8, 4) is 0 Å². The lowest BCUT2D eigenvalue weighted by atomic mass is 10.9. The number of ether oxygens (including phenoxy) is 1. The Hall–Kier alpha value is 0.107. The second kappa shape index (κ2) is 5.11. The van der Waals surface area contributed by atoms with Crippen LogP contribution in [0, 0.1) is 0 Å². The summed E-state index contributed by atoms with van der Waals surface area (Å²) >= 11 is 0. The van der Waals surface area contributed by atoms with Gasteiger partial charge in [-0.2, -0.15) is 0 Å². The number of hydrogen-bond acceptors (Lipinski definition) is 1. The van der Waals surface area contributed by atoms with Gasteiger partial charge in [-0.1, -0.05) is 0 Å². The maximum Gasteiger partial charge on any atom is 0.188 e. The zero-order chi connectivity index (χ0) is 4.83. The van der Waals surface area contributed by atoms with E-state index < -0.39 is 6.86 Å². The largest absolute Gasteiger partial charge is 0.351 e. The van der Waals surface area contributed by atoms with Crippen LogP contribution in [0.3, 0.4) is 0 Å². The zero-order valence-corrected chi connectivity index (χ0v) is 5.91. The van der Waals surface area contributed by atoms with Gasteiger partial charge >= 0.3 is 0 Å². The van der Waals surface area contributed by atoms with Crippen molar-refractivity contribution in [1.82, 2.24) is 0 Å². The van der Waals surface area contributed by atoms with Gasteiger partial charge in [0, 0.05) is 16.8 Å². The first-order valence-corrected chi connectivity index (χ1v) is 3.47. The molecule has 0 spiro atoms. The Balaban J connectivity index is 2.34. The van der Waals surface area contributed by atoms with E-state index in [1.807, 2.05) is 0 Å². The fourth-order valence-corrected chi connectivity index (χ4v) is 0.488. The van der Waals surface area contributed by atoms with E-state index in [2.05, 4.69) is 4.74 Å². The Morgan fingerprint density at radius 3 is 2.50 bits per heavy atom. The first-order valence-electron chi connectivity index (χ1n) is 2.05. The first kappa shape index (κ1) is 6.11. The highest BCUT2D eigenvalue weighted by Crippen LogP contribution is 1.75. The molecule has 3 heteroatoms. The fraction of sp³-hybridized carbons (Fsp3) is 1.00. The Labute approximate surface area is 39.9 Å². The van der Waals surface area contributed by atoms with Gasteiger partial charge in [-0.25, -0.2) is 4.39 Å². The molecule has 0 aliphatic heterocycles. The molecule has 0 aliphatic carbocycles. The van der Waals surface area contributed by atoms with Crippen LogP contribution in [0.2, 0.25) is 6.04 Å². The number of hydrogen-bond donors (Lipinski definition) is 0. The second-order valence-electron chi connectivity index (χ2n) is 1.02. The Bertz CT molecular complexity index is 22.8. The molecule has 38 valence electrons. The molecule has 0 aromatic rings. The van der Waals surface area contributed by atoms with Gasteiger partial charge in [0.15, 0.2) is 6.86 Å². The third-order valence-electron chi connectivity index (χ3n) is 0.426. The summed E-state index contributed by atoms with van der Waals surface area (Å²) in [6, 6.07) is 1.03. The molecule has 0 rings (SSSR count). The summed E-state index contributed by atoms with van der Waals surface area (Å²) in [4.78, 5) is 0. The molecule has 0 radical (unpaired) electrons. The summed E-state index contributed by atoms with van der Waals surface area (Å²) in [7, 11) is 1.11. The van der Waals surface area contributed by atoms with Crippen LogP contribution in [0.25, 0.3) is 0 Å². The molecule has 0 amide bonds. The van der Waals surface area contributed by atoms with Gasteiger partial charge in [-0.05, 0) is 6.04 Å². The van der Waals surface area contributed by atoms with E-state index in [4.69, 9.17) is 0 Å². The molecule has 1 nitrogen and oxygen atoms in total. The third-order valence-corrected chi connectivity index (χ3v) is 0.834. The van der Waals surface area contributed by atoms with E-state index in [9.17, 15) is 4.39 Å². The lowest BCUT2D eigenvalue weighted by Gasteiger charge is -1.88. The van der Waals surface area contributed by atoms with Crippen molar-refractivity contribution in [1.29, 1.82) is 0 Å². The minimum absolute atomic E-state index is 0.600. The van der Waals surface area contributed by atoms with Gasteiger partial charge in [-0.3, -0.25) is 0 Å². The standard InChI is InChI=1S/C3H9FOSi/c4-3-5-1-2-6/h1-3H2,6H3. The lowest BCUT2D eigenvalue weighted by Crippen LogP contribution is -1.88. The van der Waals surface area contributed by atoms with Crippen LogP contribution in [0.1, 0.15) is 0 Å². The summed E-state index contributed by atoms with van der Waals surface area (Å²) in [5.41, 5.74) is 0. The third kappa shape index (κ3) is 4.11. The SMILES string of the molecule is FCOCC[SiH3]. The molecule has 0 fully saturated rings. The highest BCUT2D eigenvalue weighted by atomic mass is 28.1. The van der Waals surface area contributed by atoms with Gasteiger partial charge in [0.05, 0.1) is 0 Å². The van der Waals surface area contributed by atoms with Gasteiger partial charge in [0.1, 0.15) is 0 Å². The molecular weight excluding hydrogens is 99.1 g/mol. The van der Waals surface area contributed by atoms with Crippen LogP contribution < -0.4 is 0 Å². The predicted octanol–water partition coefficient (Wildman–Crippen LogP) is -0.286. The minimum Gasteiger partial charge on any atom is -0.351 e. The van der Waals surface area contributed by atoms with Crippen molar-refractivity contribution in [2.45, 2.75) is 6.04 Å². The maximum atomic E-state index is 11.0. The predicted molar refractivity (Wildman–Crippen MR) is 26.7 cm³/mol. The van der Waals surface area contributed by atoms with E-state index in [0.29, 0.717) is 6.61 Å². The smallest absolute Gasteiger partial charge is 0.188 e. The highest BCUT2D eigenvalue weighted by molar-refractivity contribution is 6.08. The van der Waals surface area contributed by atoms with E-state index in [-0.39, 0.29) is 0 Å². The van der Waals surface area contributed by atoms with Crippen LogP contribution in [0.15, 0.2) is 0 Å². The monoisotopic (exact) mass is 108 g/mol. The molecule has 0 aliphatic rings. The normalized spacial score (nSPS) is 9.50. The molecule has 0 bridgehead atoms. The summed E-state index contributed by atoms with van der Waals surface area (Å²) in [5, 5.41) is 0. The van der Waals surface area contributed by atoms with Crippen molar-refractivity contribution in [2.75, 3.05) is 13.5 Å². The molecular formula is C3H9FOSi. The topological polar surface area (TPSA) is 9.23 Å². The number of rotatable bonds is 3. The van der Waals surface area contributed by atoms with Crippen molar-refractivity contribution in [3.63, 3.8) is 0 Å². The van der Waals surface area contributed by atoms with Crippen LogP contribution >= 0.6 is 0 Å². The maximum absolute atomic E-state index is 11.0. The van der Waals surface area contributed by atoms with E-state index in [1.165, 1.54) is 0 Å². The van der Waals surface area contributed by atoms with Crippen molar-refractivity contribution >= 4 is 10.2 Å². The van der Waals surface area contributed by atoms with Gasteiger partial charge in [-0.15, -0.1) is 0 Å². The second-order valence-corrected chi connectivity index (χ2v) is 2.02. The number of halogens is 1. The summed E-state index contributed by atoms with van der Waals surface area (Å²) in [5.74, 6) is 0. The summed E-state index contributed by atoms with van der Waals surface area (Å²) in [6.07, 6.45) is 0. The molecule has 0 saturated carbocycles. The Morgan fingerprint density at radius 1 is 1.67 bits per heavy atom. The number of alkyl halides is 1. The van der Waals surface area contributed by atoms with E-state index in [0.717, 1.165) is 16.3 Å². The minimum atomic E-state index is -0.623. The molecule has 6 heavy (non-hydrogen) atoms. The molecule has 0 saturated heterocycles. The molecule has 0 aromatic carbocycles.